The number of rotatable bonds is 1. The fraction of sp³-hybridized carbons (Fsp3) is 0.625. The molecule has 0 radical (unpaired) electrons. The van der Waals surface area contributed by atoms with Gasteiger partial charge in [-0.05, 0) is 5.41 Å². The van der Waals surface area contributed by atoms with Gasteiger partial charge in [0.25, 0.3) is 0 Å². The highest BCUT2D eigenvalue weighted by atomic mass is 15.0. The van der Waals surface area contributed by atoms with Crippen molar-refractivity contribution in [2.75, 3.05) is 0 Å². The highest BCUT2D eigenvalue weighted by molar-refractivity contribution is 5.36. The minimum Gasteiger partial charge on any atom is -0.231 e. The summed E-state index contributed by atoms with van der Waals surface area (Å²) in [5.41, 5.74) is 1.80. The highest BCUT2D eigenvalue weighted by Gasteiger charge is 2.19. The summed E-state index contributed by atoms with van der Waals surface area (Å²) in [5, 5.41) is 2.13. The minimum absolute atomic E-state index is 0.405. The quantitative estimate of drug-likeness (QED) is 0.466. The third-order valence-corrected chi connectivity index (χ3v) is 1.40. The van der Waals surface area contributed by atoms with Crippen molar-refractivity contribution in [1.29, 1.82) is 0 Å². The number of hydrogen-bond donors (Lipinski definition) is 2. The van der Waals surface area contributed by atoms with Gasteiger partial charge in [0.15, 0.2) is 5.70 Å². The lowest BCUT2D eigenvalue weighted by Gasteiger charge is -2.14. The summed E-state index contributed by atoms with van der Waals surface area (Å²) in [7, 11) is 0. The average Bonchev–Trinajstić information content (AvgIpc) is 2.12. The van der Waals surface area contributed by atoms with Crippen molar-refractivity contribution < 1.29 is 10.3 Å². The molecule has 0 fully saturated rings. The maximum absolute atomic E-state index is 3.05. The summed E-state index contributed by atoms with van der Waals surface area (Å²) in [6.45, 7) is 6.75. The average molecular weight is 140 g/mol. The van der Waals surface area contributed by atoms with Gasteiger partial charge in [0.1, 0.15) is 0 Å². The van der Waals surface area contributed by atoms with E-state index in [9.17, 15) is 0 Å². The van der Waals surface area contributed by atoms with E-state index in [1.165, 1.54) is 5.70 Å². The van der Waals surface area contributed by atoms with Gasteiger partial charge in [-0.25, -0.2) is 5.32 Å². The van der Waals surface area contributed by atoms with Crippen molar-refractivity contribution in [3.05, 3.63) is 11.9 Å². The van der Waals surface area contributed by atoms with Gasteiger partial charge in [-0.15, -0.1) is 0 Å². The summed E-state index contributed by atoms with van der Waals surface area (Å²) in [6, 6.07) is 0. The summed E-state index contributed by atoms with van der Waals surface area (Å²) in [4.78, 5) is 3.05. The molecule has 0 bridgehead atoms. The zero-order chi connectivity index (χ0) is 7.61. The number of quaternary nitrogens is 1. The van der Waals surface area contributed by atoms with E-state index in [1.807, 2.05) is 6.34 Å². The maximum atomic E-state index is 3.05. The van der Waals surface area contributed by atoms with E-state index in [4.69, 9.17) is 0 Å². The Hall–Kier alpha value is -0.630. The van der Waals surface area contributed by atoms with Gasteiger partial charge >= 0.3 is 6.34 Å². The Morgan fingerprint density at radius 3 is 2.60 bits per heavy atom. The van der Waals surface area contributed by atoms with Crippen LogP contribution in [0, 0.1) is 5.41 Å². The molecule has 1 aliphatic rings. The van der Waals surface area contributed by atoms with Crippen molar-refractivity contribution in [2.45, 2.75) is 27.2 Å². The van der Waals surface area contributed by atoms with Crippen LogP contribution in [0.5, 0.6) is 0 Å². The van der Waals surface area contributed by atoms with Crippen LogP contribution < -0.4 is 10.3 Å². The first-order valence-corrected chi connectivity index (χ1v) is 3.70. The normalized spacial score (nSPS) is 17.7. The molecule has 10 heavy (non-hydrogen) atoms. The van der Waals surface area contributed by atoms with Crippen LogP contribution in [0.15, 0.2) is 11.9 Å². The summed E-state index contributed by atoms with van der Waals surface area (Å²) < 4.78 is 0. The van der Waals surface area contributed by atoms with Crippen LogP contribution in [-0.2, 0) is 0 Å². The summed E-state index contributed by atoms with van der Waals surface area (Å²) in [5.74, 6) is 0. The second kappa shape index (κ2) is 2.54. The Morgan fingerprint density at radius 1 is 1.50 bits per heavy atom. The predicted molar refractivity (Wildman–Crippen MR) is 41.1 cm³/mol. The zero-order valence-corrected chi connectivity index (χ0v) is 6.94. The van der Waals surface area contributed by atoms with Crippen LogP contribution in [-0.4, -0.2) is 6.34 Å². The molecule has 1 aliphatic heterocycles. The third-order valence-electron chi connectivity index (χ3n) is 1.40. The molecule has 0 aromatic carbocycles. The van der Waals surface area contributed by atoms with E-state index < -0.39 is 0 Å². The molecule has 0 saturated heterocycles. The Labute approximate surface area is 62.0 Å². The predicted octanol–water partition coefficient (Wildman–Crippen LogP) is -1.05. The molecule has 3 N–H and O–H groups in total. The Bertz CT molecular complexity index is 172. The van der Waals surface area contributed by atoms with Crippen molar-refractivity contribution in [3.8, 4) is 0 Å². The minimum atomic E-state index is 0.405. The molecule has 0 amide bonds. The fourth-order valence-corrected chi connectivity index (χ4v) is 1.08. The van der Waals surface area contributed by atoms with Crippen molar-refractivity contribution in [1.82, 2.24) is 0 Å². The lowest BCUT2D eigenvalue weighted by atomic mass is 9.91. The molecular weight excluding hydrogens is 124 g/mol. The standard InChI is InChI=1S/C8H14N2/c1-8(2,3)4-7-5-9-6-10-7/h5-6H,4H2,1-3H3,(H,9,10)/p+2. The lowest BCUT2D eigenvalue weighted by molar-refractivity contribution is -0.505. The van der Waals surface area contributed by atoms with Crippen molar-refractivity contribution in [3.63, 3.8) is 0 Å². The summed E-state index contributed by atoms with van der Waals surface area (Å²) >= 11 is 0. The van der Waals surface area contributed by atoms with Crippen LogP contribution in [0.2, 0.25) is 0 Å². The first-order chi connectivity index (χ1) is 4.58. The molecule has 0 spiro atoms. The van der Waals surface area contributed by atoms with Gasteiger partial charge in [0, 0.05) is 6.42 Å². The van der Waals surface area contributed by atoms with E-state index in [2.05, 4.69) is 37.3 Å². The van der Waals surface area contributed by atoms with Crippen LogP contribution >= 0.6 is 0 Å². The number of allylic oxidation sites excluding steroid dienone is 1. The second-order valence-corrected chi connectivity index (χ2v) is 3.96. The maximum Gasteiger partial charge on any atom is 0.332 e. The lowest BCUT2D eigenvalue weighted by Crippen LogP contribution is -2.84. The smallest absolute Gasteiger partial charge is 0.231 e. The summed E-state index contributed by atoms with van der Waals surface area (Å²) in [6.07, 6.45) is 5.18. The molecule has 0 saturated carbocycles. The van der Waals surface area contributed by atoms with E-state index in [1.54, 1.807) is 0 Å². The van der Waals surface area contributed by atoms with Crippen molar-refractivity contribution in [2.24, 2.45) is 5.41 Å². The van der Waals surface area contributed by atoms with Gasteiger partial charge in [0.05, 0.1) is 0 Å². The van der Waals surface area contributed by atoms with Gasteiger partial charge < -0.3 is 0 Å². The fourth-order valence-electron chi connectivity index (χ4n) is 1.08. The molecule has 0 unspecified atom stereocenters. The molecule has 2 heteroatoms. The molecule has 0 aliphatic carbocycles. The Morgan fingerprint density at radius 2 is 2.20 bits per heavy atom. The largest absolute Gasteiger partial charge is 0.332 e. The molecule has 1 rings (SSSR count). The van der Waals surface area contributed by atoms with Crippen LogP contribution in [0.1, 0.15) is 27.2 Å². The third kappa shape index (κ3) is 2.31. The molecule has 56 valence electrons. The second-order valence-electron chi connectivity index (χ2n) is 3.96. The van der Waals surface area contributed by atoms with E-state index in [0.29, 0.717) is 5.41 Å². The van der Waals surface area contributed by atoms with Gasteiger partial charge in [0.2, 0.25) is 6.20 Å². The number of nitrogens with two attached hydrogens (primary N) is 1. The Kier molecular flexibility index (Phi) is 1.90. The van der Waals surface area contributed by atoms with Crippen LogP contribution in [0.3, 0.4) is 0 Å². The van der Waals surface area contributed by atoms with E-state index in [-0.39, 0.29) is 0 Å². The number of hydrogen-bond acceptors (Lipinski definition) is 0. The van der Waals surface area contributed by atoms with Gasteiger partial charge in [-0.3, -0.25) is 0 Å². The number of nitrogens with one attached hydrogen (secondary N) is 1. The molecule has 0 aromatic rings. The molecule has 2 nitrogen and oxygen atoms in total. The van der Waals surface area contributed by atoms with Crippen molar-refractivity contribution >= 4 is 6.34 Å². The van der Waals surface area contributed by atoms with Crippen LogP contribution in [0.25, 0.3) is 0 Å². The zero-order valence-electron chi connectivity index (χ0n) is 6.94. The van der Waals surface area contributed by atoms with Crippen LogP contribution in [0.4, 0.5) is 0 Å². The molecule has 0 aromatic heterocycles. The van der Waals surface area contributed by atoms with Gasteiger partial charge in [-0.2, -0.15) is 4.99 Å². The van der Waals surface area contributed by atoms with E-state index >= 15 is 0 Å². The first-order valence-electron chi connectivity index (χ1n) is 3.70. The Balaban J connectivity index is 2.41. The van der Waals surface area contributed by atoms with E-state index in [0.717, 1.165) is 6.42 Å². The molecule has 1 heterocycles. The SMILES string of the molecule is CC(C)(C)CC1=C[NH+]=C[NH2+]1. The monoisotopic (exact) mass is 140 g/mol. The molecular formula is C8H16N2+2. The first kappa shape index (κ1) is 7.48. The van der Waals surface area contributed by atoms with Gasteiger partial charge in [-0.1, -0.05) is 20.8 Å². The highest BCUT2D eigenvalue weighted by Crippen LogP contribution is 2.20. The molecule has 0 atom stereocenters. The topological polar surface area (TPSA) is 30.6 Å².